The first-order chi connectivity index (χ1) is 7.60. The molecule has 0 amide bonds. The van der Waals surface area contributed by atoms with E-state index in [2.05, 4.69) is 16.5 Å². The molecule has 0 saturated heterocycles. The third-order valence-electron chi connectivity index (χ3n) is 3.35. The zero-order valence-electron chi connectivity index (χ0n) is 8.97. The van der Waals surface area contributed by atoms with Crippen molar-refractivity contribution in [2.24, 2.45) is 0 Å². The zero-order valence-corrected chi connectivity index (χ0v) is 8.97. The van der Waals surface area contributed by atoms with Crippen molar-refractivity contribution in [2.75, 3.05) is 0 Å². The molecule has 1 aliphatic carbocycles. The van der Waals surface area contributed by atoms with Crippen LogP contribution in [0.5, 0.6) is 0 Å². The molecule has 1 heterocycles. The summed E-state index contributed by atoms with van der Waals surface area (Å²) in [6.07, 6.45) is 4.08. The molecule has 0 aliphatic heterocycles. The highest BCUT2D eigenvalue weighted by atomic mass is 16.4. The molecule has 1 aliphatic rings. The smallest absolute Gasteiger partial charge is 0.335 e. The van der Waals surface area contributed by atoms with E-state index in [4.69, 9.17) is 5.11 Å². The number of hydrogen-bond acceptors (Lipinski definition) is 2. The fourth-order valence-electron chi connectivity index (χ4n) is 1.99. The van der Waals surface area contributed by atoms with Crippen LogP contribution in [-0.4, -0.2) is 20.6 Å². The van der Waals surface area contributed by atoms with Gasteiger partial charge in [-0.25, -0.2) is 9.78 Å². The molecule has 4 heteroatoms. The Balaban J connectivity index is 2.23. The molecule has 2 aromatic rings. The first kappa shape index (κ1) is 9.39. The van der Waals surface area contributed by atoms with Crippen LogP contribution in [0.2, 0.25) is 0 Å². The van der Waals surface area contributed by atoms with Gasteiger partial charge in [0.2, 0.25) is 0 Å². The molecule has 1 N–H and O–H groups in total. The van der Waals surface area contributed by atoms with Crippen molar-refractivity contribution in [1.82, 2.24) is 9.55 Å². The van der Waals surface area contributed by atoms with Crippen molar-refractivity contribution < 1.29 is 9.90 Å². The van der Waals surface area contributed by atoms with Gasteiger partial charge in [0.25, 0.3) is 0 Å². The van der Waals surface area contributed by atoms with Gasteiger partial charge in [-0.2, -0.15) is 0 Å². The Morgan fingerprint density at radius 3 is 2.88 bits per heavy atom. The van der Waals surface area contributed by atoms with Crippen molar-refractivity contribution in [3.8, 4) is 0 Å². The lowest BCUT2D eigenvalue weighted by Gasteiger charge is -2.11. The number of aromatic carboxylic acids is 1. The van der Waals surface area contributed by atoms with E-state index in [0.717, 1.165) is 23.9 Å². The number of nitrogens with zero attached hydrogens (tertiary/aromatic N) is 2. The minimum absolute atomic E-state index is 0.145. The zero-order chi connectivity index (χ0) is 11.3. The first-order valence-corrected chi connectivity index (χ1v) is 5.31. The summed E-state index contributed by atoms with van der Waals surface area (Å²) in [4.78, 5) is 15.2. The second-order valence-electron chi connectivity index (χ2n) is 4.62. The quantitative estimate of drug-likeness (QED) is 0.837. The molecular formula is C12H12N2O2. The molecular weight excluding hydrogens is 204 g/mol. The molecule has 0 unspecified atom stereocenters. The Hall–Kier alpha value is -1.84. The van der Waals surface area contributed by atoms with Crippen LogP contribution in [-0.2, 0) is 5.54 Å². The highest BCUT2D eigenvalue weighted by Crippen LogP contribution is 2.44. The van der Waals surface area contributed by atoms with Gasteiger partial charge in [-0.15, -0.1) is 0 Å². The minimum Gasteiger partial charge on any atom is -0.478 e. The van der Waals surface area contributed by atoms with E-state index < -0.39 is 5.97 Å². The van der Waals surface area contributed by atoms with Crippen LogP contribution in [0.3, 0.4) is 0 Å². The lowest BCUT2D eigenvalue weighted by molar-refractivity contribution is 0.0697. The van der Waals surface area contributed by atoms with Gasteiger partial charge in [0.05, 0.1) is 22.9 Å². The Bertz CT molecular complexity index is 582. The normalized spacial score (nSPS) is 17.6. The Kier molecular flexibility index (Phi) is 1.67. The lowest BCUT2D eigenvalue weighted by Crippen LogP contribution is -2.10. The molecule has 0 bridgehead atoms. The van der Waals surface area contributed by atoms with Crippen LogP contribution >= 0.6 is 0 Å². The van der Waals surface area contributed by atoms with E-state index in [1.54, 1.807) is 18.2 Å². The monoisotopic (exact) mass is 216 g/mol. The van der Waals surface area contributed by atoms with Crippen LogP contribution < -0.4 is 0 Å². The first-order valence-electron chi connectivity index (χ1n) is 5.31. The largest absolute Gasteiger partial charge is 0.478 e. The van der Waals surface area contributed by atoms with Gasteiger partial charge in [-0.3, -0.25) is 0 Å². The van der Waals surface area contributed by atoms with Gasteiger partial charge < -0.3 is 9.67 Å². The van der Waals surface area contributed by atoms with Gasteiger partial charge in [-0.1, -0.05) is 0 Å². The summed E-state index contributed by atoms with van der Waals surface area (Å²) in [5.74, 6) is -0.893. The molecule has 1 aromatic carbocycles. The molecule has 82 valence electrons. The van der Waals surface area contributed by atoms with E-state index in [9.17, 15) is 4.79 Å². The second-order valence-corrected chi connectivity index (χ2v) is 4.62. The predicted molar refractivity (Wildman–Crippen MR) is 59.6 cm³/mol. The number of aromatic nitrogens is 2. The van der Waals surface area contributed by atoms with Crippen LogP contribution in [0, 0.1) is 0 Å². The molecule has 16 heavy (non-hydrogen) atoms. The van der Waals surface area contributed by atoms with Gasteiger partial charge in [-0.05, 0) is 38.0 Å². The maximum Gasteiger partial charge on any atom is 0.335 e. The third-order valence-corrected chi connectivity index (χ3v) is 3.35. The third kappa shape index (κ3) is 1.23. The maximum atomic E-state index is 10.9. The second kappa shape index (κ2) is 2.84. The van der Waals surface area contributed by atoms with Crippen molar-refractivity contribution in [1.29, 1.82) is 0 Å². The predicted octanol–water partition coefficient (Wildman–Crippen LogP) is 2.24. The number of fused-ring (bicyclic) bond motifs is 1. The average molecular weight is 216 g/mol. The SMILES string of the molecule is CC1(n2cnc3ccc(C(=O)O)cc32)CC1. The van der Waals surface area contributed by atoms with E-state index >= 15 is 0 Å². The molecule has 0 atom stereocenters. The number of benzene rings is 1. The summed E-state index contributed by atoms with van der Waals surface area (Å²) in [5, 5.41) is 8.96. The molecule has 1 aromatic heterocycles. The number of imidazole rings is 1. The summed E-state index contributed by atoms with van der Waals surface area (Å²) in [7, 11) is 0. The van der Waals surface area contributed by atoms with Crippen LogP contribution in [0.1, 0.15) is 30.1 Å². The van der Waals surface area contributed by atoms with E-state index in [0.29, 0.717) is 5.56 Å². The fourth-order valence-corrected chi connectivity index (χ4v) is 1.99. The topological polar surface area (TPSA) is 55.1 Å². The molecule has 1 fully saturated rings. The van der Waals surface area contributed by atoms with E-state index in [-0.39, 0.29) is 5.54 Å². The lowest BCUT2D eigenvalue weighted by atomic mass is 10.2. The van der Waals surface area contributed by atoms with Gasteiger partial charge in [0, 0.05) is 5.54 Å². The molecule has 3 rings (SSSR count). The number of carboxylic acids is 1. The average Bonchev–Trinajstić information content (AvgIpc) is 2.86. The van der Waals surface area contributed by atoms with E-state index in [1.165, 1.54) is 0 Å². The fraction of sp³-hybridized carbons (Fsp3) is 0.333. The summed E-state index contributed by atoms with van der Waals surface area (Å²) in [6.45, 7) is 2.17. The summed E-state index contributed by atoms with van der Waals surface area (Å²) < 4.78 is 2.09. The van der Waals surface area contributed by atoms with Crippen molar-refractivity contribution in [2.45, 2.75) is 25.3 Å². The van der Waals surface area contributed by atoms with Gasteiger partial charge in [0.1, 0.15) is 0 Å². The summed E-state index contributed by atoms with van der Waals surface area (Å²) >= 11 is 0. The Morgan fingerprint density at radius 2 is 2.25 bits per heavy atom. The Morgan fingerprint density at radius 1 is 1.50 bits per heavy atom. The number of carbonyl (C=O) groups is 1. The summed E-state index contributed by atoms with van der Waals surface area (Å²) in [5.41, 5.74) is 2.24. The highest BCUT2D eigenvalue weighted by Gasteiger charge is 2.40. The number of rotatable bonds is 2. The van der Waals surface area contributed by atoms with Crippen LogP contribution in [0.4, 0.5) is 0 Å². The maximum absolute atomic E-state index is 10.9. The van der Waals surface area contributed by atoms with Crippen molar-refractivity contribution >= 4 is 17.0 Å². The minimum atomic E-state index is -0.893. The van der Waals surface area contributed by atoms with Crippen molar-refractivity contribution in [3.63, 3.8) is 0 Å². The van der Waals surface area contributed by atoms with Crippen LogP contribution in [0.25, 0.3) is 11.0 Å². The Labute approximate surface area is 92.5 Å². The van der Waals surface area contributed by atoms with Crippen LogP contribution in [0.15, 0.2) is 24.5 Å². The molecule has 0 spiro atoms. The van der Waals surface area contributed by atoms with E-state index in [1.807, 2.05) is 6.33 Å². The molecule has 4 nitrogen and oxygen atoms in total. The van der Waals surface area contributed by atoms with Gasteiger partial charge >= 0.3 is 5.97 Å². The highest BCUT2D eigenvalue weighted by molar-refractivity contribution is 5.92. The molecule has 0 radical (unpaired) electrons. The van der Waals surface area contributed by atoms with Crippen molar-refractivity contribution in [3.05, 3.63) is 30.1 Å². The van der Waals surface area contributed by atoms with Gasteiger partial charge in [0.15, 0.2) is 0 Å². The summed E-state index contributed by atoms with van der Waals surface area (Å²) in [6, 6.07) is 5.06. The standard InChI is InChI=1S/C12H12N2O2/c1-12(4-5-12)14-7-13-9-3-2-8(11(15)16)6-10(9)14/h2-3,6-7H,4-5H2,1H3,(H,15,16). The number of hydrogen-bond donors (Lipinski definition) is 1. The number of carboxylic acid groups (broad SMARTS) is 1. The molecule has 1 saturated carbocycles.